The van der Waals surface area contributed by atoms with E-state index >= 15 is 0 Å². The van der Waals surface area contributed by atoms with E-state index in [-0.39, 0.29) is 16.3 Å². The smallest absolute Gasteiger partial charge is 0.336 e. The minimum Gasteiger partial charge on any atom is -0.618 e. The van der Waals surface area contributed by atoms with Crippen LogP contribution in [0.2, 0.25) is 0 Å². The van der Waals surface area contributed by atoms with Crippen LogP contribution >= 0.6 is 10.7 Å². The fourth-order valence-corrected chi connectivity index (χ4v) is 3.58. The summed E-state index contributed by atoms with van der Waals surface area (Å²) in [5.74, 6) is -0.471. The second-order valence-corrected chi connectivity index (χ2v) is 7.32. The molecule has 8 heteroatoms. The number of hydrogen-bond donors (Lipinski definition) is 0. The van der Waals surface area contributed by atoms with Crippen LogP contribution in [0.15, 0.2) is 23.4 Å². The van der Waals surface area contributed by atoms with Crippen molar-refractivity contribution >= 4 is 25.6 Å². The van der Waals surface area contributed by atoms with E-state index in [1.807, 2.05) is 6.92 Å². The number of pyridine rings is 1. The summed E-state index contributed by atoms with van der Waals surface area (Å²) in [7, 11) is 0.979. The van der Waals surface area contributed by atoms with Gasteiger partial charge in [0.1, 0.15) is 5.56 Å². The summed E-state index contributed by atoms with van der Waals surface area (Å²) in [5.41, 5.74) is -0.175. The van der Waals surface area contributed by atoms with Crippen LogP contribution in [0, 0.1) is 5.21 Å². The van der Waals surface area contributed by atoms with Crippen molar-refractivity contribution in [3.8, 4) is 0 Å². The number of aromatic nitrogens is 1. The van der Waals surface area contributed by atoms with Gasteiger partial charge in [-0.15, -0.1) is 0 Å². The number of halogens is 1. The van der Waals surface area contributed by atoms with Crippen LogP contribution in [-0.2, 0) is 9.05 Å². The summed E-state index contributed by atoms with van der Waals surface area (Å²) in [6.45, 7) is 2.45. The molecule has 0 saturated carbocycles. The third-order valence-corrected chi connectivity index (χ3v) is 4.74. The van der Waals surface area contributed by atoms with Crippen LogP contribution in [0.5, 0.6) is 0 Å². The zero-order valence-electron chi connectivity index (χ0n) is 11.0. The Morgan fingerprint density at radius 3 is 2.80 bits per heavy atom. The van der Waals surface area contributed by atoms with Gasteiger partial charge < -0.3 is 10.1 Å². The van der Waals surface area contributed by atoms with Crippen molar-refractivity contribution in [2.24, 2.45) is 0 Å². The molecule has 0 bridgehead atoms. The molecular weight excluding hydrogens is 304 g/mol. The molecule has 1 fully saturated rings. The van der Waals surface area contributed by atoms with Crippen molar-refractivity contribution in [2.75, 3.05) is 6.54 Å². The molecule has 1 amide bonds. The Hall–Kier alpha value is -1.34. The largest absolute Gasteiger partial charge is 0.618 e. The minimum absolute atomic E-state index is 0.0161. The summed E-state index contributed by atoms with van der Waals surface area (Å²) >= 11 is 0. The van der Waals surface area contributed by atoms with Gasteiger partial charge >= 0.3 is 14.1 Å². The predicted molar refractivity (Wildman–Crippen MR) is 72.8 cm³/mol. The fourth-order valence-electron chi connectivity index (χ4n) is 2.43. The van der Waals surface area contributed by atoms with Crippen LogP contribution < -0.4 is 4.73 Å². The topological polar surface area (TPSA) is 81.4 Å². The third kappa shape index (κ3) is 2.88. The van der Waals surface area contributed by atoms with Gasteiger partial charge in [-0.1, -0.05) is 0 Å². The molecule has 2 heterocycles. The molecular formula is C12H15ClN2O4S. The maximum atomic E-state index is 12.5. The van der Waals surface area contributed by atoms with Gasteiger partial charge in [0, 0.05) is 29.3 Å². The van der Waals surface area contributed by atoms with E-state index in [1.54, 1.807) is 4.90 Å². The molecule has 1 atom stereocenters. The van der Waals surface area contributed by atoms with Gasteiger partial charge in [0.25, 0.3) is 5.91 Å². The Labute approximate surface area is 122 Å². The molecule has 1 aromatic heterocycles. The van der Waals surface area contributed by atoms with Crippen LogP contribution in [0.3, 0.4) is 0 Å². The molecule has 0 N–H and O–H groups in total. The van der Waals surface area contributed by atoms with Gasteiger partial charge in [-0.05, 0) is 32.3 Å². The van der Waals surface area contributed by atoms with Gasteiger partial charge in [0.05, 0.1) is 0 Å². The average molecular weight is 319 g/mol. The Morgan fingerprint density at radius 1 is 1.50 bits per heavy atom. The highest BCUT2D eigenvalue weighted by Gasteiger charge is 2.34. The molecule has 6 nitrogen and oxygen atoms in total. The Bertz CT molecular complexity index is 632. The number of carbonyl (C=O) groups is 1. The van der Waals surface area contributed by atoms with E-state index in [4.69, 9.17) is 10.7 Å². The molecule has 1 aliphatic rings. The molecule has 0 unspecified atom stereocenters. The first-order chi connectivity index (χ1) is 9.32. The maximum absolute atomic E-state index is 12.5. The highest BCUT2D eigenvalue weighted by atomic mass is 35.7. The number of likely N-dealkylation sites (tertiary alicyclic amines) is 1. The number of nitrogens with zero attached hydrogens (tertiary/aromatic N) is 2. The molecule has 0 aromatic carbocycles. The quantitative estimate of drug-likeness (QED) is 0.467. The van der Waals surface area contributed by atoms with Crippen molar-refractivity contribution in [3.05, 3.63) is 29.1 Å². The zero-order valence-corrected chi connectivity index (χ0v) is 12.5. The van der Waals surface area contributed by atoms with Crippen LogP contribution in [0.1, 0.15) is 36.5 Å². The van der Waals surface area contributed by atoms with Gasteiger partial charge in [0.2, 0.25) is 0 Å². The first-order valence-electron chi connectivity index (χ1n) is 6.30. The van der Waals surface area contributed by atoms with E-state index in [1.165, 1.54) is 12.1 Å². The van der Waals surface area contributed by atoms with E-state index < -0.39 is 20.0 Å². The van der Waals surface area contributed by atoms with Gasteiger partial charge in [-0.3, -0.25) is 4.79 Å². The SMILES string of the molecule is C[C@H]1CCCCN1C(=O)c1ccc[n+]([O-])c1S(=O)(=O)Cl. The Kier molecular flexibility index (Phi) is 4.19. The molecule has 0 spiro atoms. The lowest BCUT2D eigenvalue weighted by Gasteiger charge is -2.33. The fraction of sp³-hybridized carbons (Fsp3) is 0.500. The van der Waals surface area contributed by atoms with Crippen molar-refractivity contribution in [1.29, 1.82) is 0 Å². The van der Waals surface area contributed by atoms with E-state index in [9.17, 15) is 18.4 Å². The minimum atomic E-state index is -4.29. The van der Waals surface area contributed by atoms with E-state index in [2.05, 4.69) is 0 Å². The number of amides is 1. The van der Waals surface area contributed by atoms with Crippen LogP contribution in [0.25, 0.3) is 0 Å². The normalized spacial score (nSPS) is 19.9. The Morgan fingerprint density at radius 2 is 2.20 bits per heavy atom. The molecule has 2 rings (SSSR count). The van der Waals surface area contributed by atoms with Crippen molar-refractivity contribution < 1.29 is 17.9 Å². The third-order valence-electron chi connectivity index (χ3n) is 3.44. The molecule has 110 valence electrons. The molecule has 20 heavy (non-hydrogen) atoms. The summed E-state index contributed by atoms with van der Waals surface area (Å²) in [5, 5.41) is 10.9. The summed E-state index contributed by atoms with van der Waals surface area (Å²) in [6.07, 6.45) is 3.76. The zero-order chi connectivity index (χ0) is 14.9. The predicted octanol–water partition coefficient (Wildman–Crippen LogP) is 1.26. The lowest BCUT2D eigenvalue weighted by Crippen LogP contribution is -2.44. The monoisotopic (exact) mass is 318 g/mol. The van der Waals surface area contributed by atoms with Gasteiger partial charge in [0.15, 0.2) is 6.20 Å². The number of carbonyl (C=O) groups excluding carboxylic acids is 1. The second-order valence-electron chi connectivity index (χ2n) is 4.83. The maximum Gasteiger partial charge on any atom is 0.336 e. The first-order valence-corrected chi connectivity index (χ1v) is 8.61. The summed E-state index contributed by atoms with van der Waals surface area (Å²) in [6, 6.07) is 2.66. The highest BCUT2D eigenvalue weighted by Crippen LogP contribution is 2.22. The lowest BCUT2D eigenvalue weighted by atomic mass is 10.0. The molecule has 0 aliphatic carbocycles. The van der Waals surface area contributed by atoms with Gasteiger partial charge in [-0.25, -0.2) is 8.42 Å². The van der Waals surface area contributed by atoms with Crippen molar-refractivity contribution in [2.45, 2.75) is 37.3 Å². The van der Waals surface area contributed by atoms with Gasteiger partial charge in [-0.2, -0.15) is 4.73 Å². The standard InChI is InChI=1S/C12H15ClN2O4S/c1-9-5-2-3-7-14(9)11(16)10-6-4-8-15(17)12(10)20(13,18)19/h4,6,8-9H,2-3,5,7H2,1H3/t9-/m0/s1. The Balaban J connectivity index is 2.47. The number of hydrogen-bond acceptors (Lipinski definition) is 4. The lowest BCUT2D eigenvalue weighted by molar-refractivity contribution is -0.646. The number of rotatable bonds is 2. The van der Waals surface area contributed by atoms with Crippen LogP contribution in [-0.4, -0.2) is 31.8 Å². The highest BCUT2D eigenvalue weighted by molar-refractivity contribution is 8.13. The van der Waals surface area contributed by atoms with E-state index in [0.717, 1.165) is 25.5 Å². The molecule has 1 saturated heterocycles. The molecule has 1 aromatic rings. The average Bonchev–Trinajstić information content (AvgIpc) is 2.36. The van der Waals surface area contributed by atoms with E-state index in [0.29, 0.717) is 6.54 Å². The molecule has 0 radical (unpaired) electrons. The second kappa shape index (κ2) is 5.57. The molecule has 1 aliphatic heterocycles. The number of piperidine rings is 1. The first kappa shape index (κ1) is 15.1. The van der Waals surface area contributed by atoms with Crippen LogP contribution in [0.4, 0.5) is 0 Å². The summed E-state index contributed by atoms with van der Waals surface area (Å²) < 4.78 is 23.1. The van der Waals surface area contributed by atoms with Crippen molar-refractivity contribution in [3.63, 3.8) is 0 Å². The summed E-state index contributed by atoms with van der Waals surface area (Å²) in [4.78, 5) is 14.1. The van der Waals surface area contributed by atoms with Crippen molar-refractivity contribution in [1.82, 2.24) is 4.90 Å².